The molecule has 1 aliphatic carbocycles. The number of nitrogens with zero attached hydrogens (tertiary/aromatic N) is 4. The molecule has 0 fully saturated rings. The number of fused-ring (bicyclic) bond motifs is 5. The third-order valence-electron chi connectivity index (χ3n) is 5.82. The molecule has 4 nitrogen and oxygen atoms in total. The molecule has 0 aliphatic heterocycles. The zero-order chi connectivity index (χ0) is 21.3. The zero-order valence-corrected chi connectivity index (χ0v) is 20.0. The molecule has 0 saturated carbocycles. The molecule has 3 aromatic heterocycles. The smallest absolute Gasteiger partial charge is 0.198 e. The van der Waals surface area contributed by atoms with E-state index >= 15 is 0 Å². The molecular weight excluding hydrogens is 453 g/mol. The number of hydrogen-bond donors (Lipinski definition) is 0. The minimum absolute atomic E-state index is 0.865. The van der Waals surface area contributed by atoms with Gasteiger partial charge in [0.25, 0.3) is 0 Å². The van der Waals surface area contributed by atoms with Crippen LogP contribution in [0.5, 0.6) is 0 Å². The minimum Gasteiger partial charge on any atom is -0.247 e. The lowest BCUT2D eigenvalue weighted by molar-refractivity contribution is 0.700. The number of benzene rings is 2. The Kier molecular flexibility index (Phi) is 5.63. The van der Waals surface area contributed by atoms with E-state index in [2.05, 4.69) is 70.2 Å². The standard InChI is InChI=1S/C25H22N4S3/c1-3-9-17(10-4-1)15-30-24-26-23-21(19-13-7-8-14-20(19)32-23)22-27-28-25(29(22)24)31-16-18-11-5-2-6-12-18/h1-6,9-12H,7-8,13-16H2. The first-order valence-electron chi connectivity index (χ1n) is 10.9. The Morgan fingerprint density at radius 3 is 2.16 bits per heavy atom. The molecule has 2 aromatic carbocycles. The van der Waals surface area contributed by atoms with Crippen LogP contribution in [0.15, 0.2) is 71.0 Å². The molecular formula is C25H22N4S3. The molecule has 0 N–H and O–H groups in total. The minimum atomic E-state index is 0.865. The summed E-state index contributed by atoms with van der Waals surface area (Å²) in [6, 6.07) is 21.1. The first-order chi connectivity index (χ1) is 15.9. The molecule has 0 radical (unpaired) electrons. The maximum Gasteiger partial charge on any atom is 0.198 e. The largest absolute Gasteiger partial charge is 0.247 e. The Hall–Kier alpha value is -2.35. The molecule has 0 unspecified atom stereocenters. The van der Waals surface area contributed by atoms with Gasteiger partial charge in [-0.1, -0.05) is 84.2 Å². The Labute approximate surface area is 199 Å². The van der Waals surface area contributed by atoms with Crippen LogP contribution in [0.3, 0.4) is 0 Å². The summed E-state index contributed by atoms with van der Waals surface area (Å²) in [7, 11) is 0. The second kappa shape index (κ2) is 8.89. The molecule has 7 heteroatoms. The predicted molar refractivity (Wildman–Crippen MR) is 135 cm³/mol. The van der Waals surface area contributed by atoms with Crippen molar-refractivity contribution in [2.75, 3.05) is 0 Å². The van der Waals surface area contributed by atoms with Crippen LogP contribution in [0, 0.1) is 0 Å². The Balaban J connectivity index is 1.44. The zero-order valence-electron chi connectivity index (χ0n) is 17.5. The van der Waals surface area contributed by atoms with Crippen LogP contribution in [0.2, 0.25) is 0 Å². The van der Waals surface area contributed by atoms with Gasteiger partial charge in [-0.15, -0.1) is 21.5 Å². The average Bonchev–Trinajstić information content (AvgIpc) is 3.43. The van der Waals surface area contributed by atoms with Crippen molar-refractivity contribution in [2.24, 2.45) is 0 Å². The SMILES string of the molecule is c1ccc(CSc2nnc3c4c5c(sc4nc(SCc4ccccc4)n23)CCCC5)cc1. The first kappa shape index (κ1) is 20.3. The lowest BCUT2D eigenvalue weighted by atomic mass is 9.97. The molecule has 0 amide bonds. The number of aromatic nitrogens is 4. The Bertz CT molecular complexity index is 1380. The van der Waals surface area contributed by atoms with E-state index in [-0.39, 0.29) is 0 Å². The molecule has 0 saturated heterocycles. The monoisotopic (exact) mass is 474 g/mol. The van der Waals surface area contributed by atoms with Crippen molar-refractivity contribution in [1.82, 2.24) is 19.6 Å². The quantitative estimate of drug-likeness (QED) is 0.200. The van der Waals surface area contributed by atoms with Gasteiger partial charge in [-0.2, -0.15) is 0 Å². The van der Waals surface area contributed by atoms with Gasteiger partial charge < -0.3 is 0 Å². The van der Waals surface area contributed by atoms with Crippen molar-refractivity contribution in [2.45, 2.75) is 47.5 Å². The van der Waals surface area contributed by atoms with Crippen molar-refractivity contribution in [3.8, 4) is 0 Å². The summed E-state index contributed by atoms with van der Waals surface area (Å²) in [6.07, 6.45) is 4.82. The van der Waals surface area contributed by atoms with Crippen molar-refractivity contribution < 1.29 is 0 Å². The summed E-state index contributed by atoms with van der Waals surface area (Å²) in [5.74, 6) is 1.74. The topological polar surface area (TPSA) is 43.1 Å². The molecule has 32 heavy (non-hydrogen) atoms. The van der Waals surface area contributed by atoms with Gasteiger partial charge in [0.15, 0.2) is 16.0 Å². The van der Waals surface area contributed by atoms with E-state index in [9.17, 15) is 0 Å². The highest BCUT2D eigenvalue weighted by molar-refractivity contribution is 7.99. The number of rotatable bonds is 6. The van der Waals surface area contributed by atoms with E-state index in [1.165, 1.54) is 46.2 Å². The van der Waals surface area contributed by atoms with E-state index in [0.717, 1.165) is 38.7 Å². The summed E-state index contributed by atoms with van der Waals surface area (Å²) in [6.45, 7) is 0. The number of thiophene rings is 1. The molecule has 0 bridgehead atoms. The summed E-state index contributed by atoms with van der Waals surface area (Å²) >= 11 is 5.36. The molecule has 0 atom stereocenters. The molecule has 6 rings (SSSR count). The van der Waals surface area contributed by atoms with Gasteiger partial charge in [0.05, 0.1) is 5.39 Å². The van der Waals surface area contributed by atoms with Gasteiger partial charge in [-0.25, -0.2) is 9.38 Å². The van der Waals surface area contributed by atoms with Crippen molar-refractivity contribution >= 4 is 50.7 Å². The van der Waals surface area contributed by atoms with E-state index in [4.69, 9.17) is 10.1 Å². The molecule has 3 heterocycles. The number of thioether (sulfide) groups is 2. The number of hydrogen-bond acceptors (Lipinski definition) is 6. The normalized spacial score (nSPS) is 13.6. The fourth-order valence-corrected chi connectivity index (χ4v) is 7.44. The third kappa shape index (κ3) is 3.83. The van der Waals surface area contributed by atoms with Crippen LogP contribution in [-0.2, 0) is 24.3 Å². The van der Waals surface area contributed by atoms with E-state index < -0.39 is 0 Å². The second-order valence-corrected chi connectivity index (χ2v) is 10.9. The highest BCUT2D eigenvalue weighted by atomic mass is 32.2. The summed E-state index contributed by atoms with van der Waals surface area (Å²) in [4.78, 5) is 7.77. The highest BCUT2D eigenvalue weighted by Gasteiger charge is 2.23. The summed E-state index contributed by atoms with van der Waals surface area (Å²) in [5.41, 5.74) is 5.01. The first-order valence-corrected chi connectivity index (χ1v) is 13.7. The van der Waals surface area contributed by atoms with Crippen molar-refractivity contribution in [3.05, 3.63) is 82.2 Å². The van der Waals surface area contributed by atoms with E-state index in [1.807, 2.05) is 11.3 Å². The van der Waals surface area contributed by atoms with Gasteiger partial charge in [-0.3, -0.25) is 0 Å². The molecule has 0 spiro atoms. The fourth-order valence-electron chi connectivity index (χ4n) is 4.24. The van der Waals surface area contributed by atoms with Gasteiger partial charge in [0, 0.05) is 16.4 Å². The number of aryl methyl sites for hydroxylation is 2. The maximum absolute atomic E-state index is 5.16. The Morgan fingerprint density at radius 1 is 0.781 bits per heavy atom. The van der Waals surface area contributed by atoms with Crippen molar-refractivity contribution in [1.29, 1.82) is 0 Å². The van der Waals surface area contributed by atoms with Gasteiger partial charge in [0.2, 0.25) is 0 Å². The van der Waals surface area contributed by atoms with Gasteiger partial charge in [0.1, 0.15) is 4.83 Å². The lowest BCUT2D eigenvalue weighted by Gasteiger charge is -2.11. The summed E-state index contributed by atoms with van der Waals surface area (Å²) < 4.78 is 2.20. The summed E-state index contributed by atoms with van der Waals surface area (Å²) in [5, 5.41) is 12.5. The van der Waals surface area contributed by atoms with Gasteiger partial charge >= 0.3 is 0 Å². The average molecular weight is 475 g/mol. The highest BCUT2D eigenvalue weighted by Crippen LogP contribution is 2.40. The van der Waals surface area contributed by atoms with Gasteiger partial charge in [-0.05, 0) is 42.4 Å². The lowest BCUT2D eigenvalue weighted by Crippen LogP contribution is -2.01. The van der Waals surface area contributed by atoms with Crippen LogP contribution in [0.1, 0.15) is 34.4 Å². The Morgan fingerprint density at radius 2 is 1.44 bits per heavy atom. The molecule has 160 valence electrons. The van der Waals surface area contributed by atoms with E-state index in [0.29, 0.717) is 0 Å². The van der Waals surface area contributed by atoms with Crippen LogP contribution in [0.25, 0.3) is 15.9 Å². The predicted octanol–water partition coefficient (Wildman–Crippen LogP) is 6.80. The van der Waals surface area contributed by atoms with Crippen molar-refractivity contribution in [3.63, 3.8) is 0 Å². The van der Waals surface area contributed by atoms with Crippen LogP contribution >= 0.6 is 34.9 Å². The van der Waals surface area contributed by atoms with Crippen LogP contribution in [-0.4, -0.2) is 19.6 Å². The fraction of sp³-hybridized carbons (Fsp3) is 0.240. The second-order valence-electron chi connectivity index (χ2n) is 7.98. The van der Waals surface area contributed by atoms with Crippen LogP contribution < -0.4 is 0 Å². The van der Waals surface area contributed by atoms with Crippen LogP contribution in [0.4, 0.5) is 0 Å². The molecule has 5 aromatic rings. The maximum atomic E-state index is 5.16. The third-order valence-corrected chi connectivity index (χ3v) is 9.02. The van der Waals surface area contributed by atoms with E-state index in [1.54, 1.807) is 23.5 Å². The molecule has 1 aliphatic rings.